The molecule has 0 amide bonds. The Balaban J connectivity index is 0. The molecule has 0 bridgehead atoms. The molecule has 0 aliphatic carbocycles. The predicted octanol–water partition coefficient (Wildman–Crippen LogP) is 1.32. The van der Waals surface area contributed by atoms with Crippen LogP contribution < -0.4 is 0 Å². The van der Waals surface area contributed by atoms with Gasteiger partial charge in [-0.2, -0.15) is 11.3 Å². The number of thiophene rings is 1. The molecule has 6 heteroatoms. The van der Waals surface area contributed by atoms with Crippen molar-refractivity contribution in [2.75, 3.05) is 0 Å². The van der Waals surface area contributed by atoms with Crippen LogP contribution in [0.2, 0.25) is 0 Å². The summed E-state index contributed by atoms with van der Waals surface area (Å²) in [4.78, 5) is 10.5. The van der Waals surface area contributed by atoms with Crippen molar-refractivity contribution in [3.05, 3.63) is 22.9 Å². The number of carbonyl (C=O) groups is 1. The van der Waals surface area contributed by atoms with Crippen LogP contribution in [0.5, 0.6) is 0 Å². The van der Waals surface area contributed by atoms with Gasteiger partial charge in [-0.25, -0.2) is 0 Å². The molecule has 92 valence electrons. The molecular formula is C10H19BO4S. The maximum atomic E-state index is 10.5. The number of hydrogen-bond acceptors (Lipinski definition) is 5. The van der Waals surface area contributed by atoms with Crippen molar-refractivity contribution < 1.29 is 19.9 Å². The molecule has 0 spiro atoms. The van der Waals surface area contributed by atoms with Crippen LogP contribution in [0, 0.1) is 5.41 Å². The first kappa shape index (κ1) is 17.7. The summed E-state index contributed by atoms with van der Waals surface area (Å²) < 4.78 is 0. The first-order valence-corrected chi connectivity index (χ1v) is 5.64. The Labute approximate surface area is 101 Å². The molecule has 0 aliphatic heterocycles. The summed E-state index contributed by atoms with van der Waals surface area (Å²) in [5.41, 5.74) is -0.139. The molecule has 0 aliphatic rings. The molecule has 1 heterocycles. The summed E-state index contributed by atoms with van der Waals surface area (Å²) in [7, 11) is -2.17. The lowest BCUT2D eigenvalue weighted by Crippen LogP contribution is -2.15. The van der Waals surface area contributed by atoms with E-state index in [1.807, 2.05) is 43.7 Å². The normalized spacial score (nSPS) is 9.19. The standard InChI is InChI=1S/C6H12O.C4H4S.BH3O3/c1-5(7)6(2,3)4;1-2-4-5-3-1;2-1(3)4/h1-4H3;1-4H;2-4H. The maximum Gasteiger partial charge on any atom is 0.631 e. The highest BCUT2D eigenvalue weighted by Gasteiger charge is 2.14. The predicted molar refractivity (Wildman–Crippen MR) is 66.9 cm³/mol. The minimum Gasteiger partial charge on any atom is -0.402 e. The quantitative estimate of drug-likeness (QED) is 0.603. The van der Waals surface area contributed by atoms with Gasteiger partial charge in [0, 0.05) is 5.41 Å². The van der Waals surface area contributed by atoms with Gasteiger partial charge in [0.2, 0.25) is 0 Å². The Kier molecular flexibility index (Phi) is 10.5. The number of ketones is 1. The summed E-state index contributed by atoms with van der Waals surface area (Å²) >= 11 is 1.71. The van der Waals surface area contributed by atoms with Crippen molar-refractivity contribution in [1.29, 1.82) is 0 Å². The van der Waals surface area contributed by atoms with Crippen molar-refractivity contribution in [3.8, 4) is 0 Å². The molecule has 4 nitrogen and oxygen atoms in total. The van der Waals surface area contributed by atoms with Gasteiger partial charge in [-0.1, -0.05) is 32.9 Å². The lowest BCUT2D eigenvalue weighted by Gasteiger charge is -2.11. The Morgan fingerprint density at radius 1 is 1.12 bits per heavy atom. The molecule has 3 N–H and O–H groups in total. The largest absolute Gasteiger partial charge is 0.631 e. The van der Waals surface area contributed by atoms with Gasteiger partial charge in [0.15, 0.2) is 0 Å². The highest BCUT2D eigenvalue weighted by atomic mass is 32.1. The highest BCUT2D eigenvalue weighted by Crippen LogP contribution is 2.12. The topological polar surface area (TPSA) is 77.8 Å². The third-order valence-corrected chi connectivity index (χ3v) is 2.11. The lowest BCUT2D eigenvalue weighted by atomic mass is 9.92. The van der Waals surface area contributed by atoms with Gasteiger partial charge in [0.25, 0.3) is 0 Å². The zero-order valence-electron chi connectivity index (χ0n) is 10.0. The Bertz CT molecular complexity index is 234. The smallest absolute Gasteiger partial charge is 0.402 e. The van der Waals surface area contributed by atoms with Crippen LogP contribution in [-0.2, 0) is 4.79 Å². The highest BCUT2D eigenvalue weighted by molar-refractivity contribution is 7.07. The summed E-state index contributed by atoms with van der Waals surface area (Å²) in [6.07, 6.45) is 0. The van der Waals surface area contributed by atoms with Crippen LogP contribution in [0.25, 0.3) is 0 Å². The zero-order valence-corrected chi connectivity index (χ0v) is 10.9. The first-order chi connectivity index (χ1) is 7.18. The van der Waals surface area contributed by atoms with Crippen LogP contribution in [0.3, 0.4) is 0 Å². The van der Waals surface area contributed by atoms with Crippen LogP contribution in [0.1, 0.15) is 27.7 Å². The molecule has 0 aromatic carbocycles. The van der Waals surface area contributed by atoms with E-state index in [2.05, 4.69) is 0 Å². The molecule has 16 heavy (non-hydrogen) atoms. The molecule has 1 aromatic rings. The van der Waals surface area contributed by atoms with E-state index < -0.39 is 7.32 Å². The number of rotatable bonds is 0. The fraction of sp³-hybridized carbons (Fsp3) is 0.500. The van der Waals surface area contributed by atoms with Crippen molar-refractivity contribution in [3.63, 3.8) is 0 Å². The molecule has 1 rings (SSSR count). The second-order valence-corrected chi connectivity index (χ2v) is 4.76. The van der Waals surface area contributed by atoms with Crippen LogP contribution >= 0.6 is 11.3 Å². The number of carbonyl (C=O) groups excluding carboxylic acids is 1. The van der Waals surface area contributed by atoms with E-state index in [9.17, 15) is 4.79 Å². The van der Waals surface area contributed by atoms with Gasteiger partial charge in [-0.05, 0) is 17.7 Å². The van der Waals surface area contributed by atoms with Gasteiger partial charge in [0.1, 0.15) is 5.78 Å². The molecule has 0 radical (unpaired) electrons. The monoisotopic (exact) mass is 246 g/mol. The van der Waals surface area contributed by atoms with Crippen molar-refractivity contribution in [2.45, 2.75) is 27.7 Å². The summed E-state index contributed by atoms with van der Waals surface area (Å²) in [6, 6.07) is 4.04. The van der Waals surface area contributed by atoms with E-state index in [0.717, 1.165) is 0 Å². The Hall–Kier alpha value is -0.685. The van der Waals surface area contributed by atoms with E-state index in [1.165, 1.54) is 0 Å². The van der Waals surface area contributed by atoms with Crippen LogP contribution in [-0.4, -0.2) is 28.2 Å². The zero-order chi connectivity index (χ0) is 13.2. The Morgan fingerprint density at radius 2 is 1.38 bits per heavy atom. The summed E-state index contributed by atoms with van der Waals surface area (Å²) in [6.45, 7) is 7.35. The van der Waals surface area contributed by atoms with Crippen molar-refractivity contribution >= 4 is 24.4 Å². The van der Waals surface area contributed by atoms with Crippen molar-refractivity contribution in [1.82, 2.24) is 0 Å². The van der Waals surface area contributed by atoms with Gasteiger partial charge < -0.3 is 15.1 Å². The van der Waals surface area contributed by atoms with Crippen LogP contribution in [0.15, 0.2) is 22.9 Å². The number of Topliss-reactive ketones (excluding diaryl/α,β-unsaturated/α-hetero) is 1. The Morgan fingerprint density at radius 3 is 1.44 bits per heavy atom. The second kappa shape index (κ2) is 9.53. The maximum absolute atomic E-state index is 10.5. The van der Waals surface area contributed by atoms with E-state index in [4.69, 9.17) is 15.1 Å². The van der Waals surface area contributed by atoms with Gasteiger partial charge in [0.05, 0.1) is 0 Å². The molecule has 1 aromatic heterocycles. The second-order valence-electron chi connectivity index (χ2n) is 3.95. The molecule has 0 saturated carbocycles. The minimum absolute atomic E-state index is 0.139. The summed E-state index contributed by atoms with van der Waals surface area (Å²) in [5, 5.41) is 25.6. The lowest BCUT2D eigenvalue weighted by molar-refractivity contribution is -0.124. The fourth-order valence-electron chi connectivity index (χ4n) is 0.227. The average Bonchev–Trinajstić information content (AvgIpc) is 2.56. The average molecular weight is 246 g/mol. The van der Waals surface area contributed by atoms with Gasteiger partial charge >= 0.3 is 7.32 Å². The SMILES string of the molecule is CC(=O)C(C)(C)C.OB(O)O.c1ccsc1. The van der Waals surface area contributed by atoms with E-state index in [-0.39, 0.29) is 11.2 Å². The first-order valence-electron chi connectivity index (χ1n) is 4.70. The minimum atomic E-state index is -2.17. The van der Waals surface area contributed by atoms with E-state index in [1.54, 1.807) is 18.3 Å². The molecule has 0 saturated heterocycles. The van der Waals surface area contributed by atoms with Crippen molar-refractivity contribution in [2.24, 2.45) is 5.41 Å². The molecular weight excluding hydrogens is 227 g/mol. The third-order valence-electron chi connectivity index (χ3n) is 1.48. The molecule has 0 fully saturated rings. The molecule has 0 unspecified atom stereocenters. The van der Waals surface area contributed by atoms with E-state index >= 15 is 0 Å². The fourth-order valence-corrected chi connectivity index (χ4v) is 0.680. The van der Waals surface area contributed by atoms with Gasteiger partial charge in [-0.15, -0.1) is 0 Å². The number of hydrogen-bond donors (Lipinski definition) is 3. The summed E-state index contributed by atoms with van der Waals surface area (Å²) in [5.74, 6) is 0.243. The van der Waals surface area contributed by atoms with E-state index in [0.29, 0.717) is 0 Å². The molecule has 0 atom stereocenters. The van der Waals surface area contributed by atoms with Gasteiger partial charge in [-0.3, -0.25) is 4.79 Å². The van der Waals surface area contributed by atoms with Crippen LogP contribution in [0.4, 0.5) is 0 Å². The third kappa shape index (κ3) is 19.0.